The van der Waals surface area contributed by atoms with Crippen molar-refractivity contribution in [1.82, 2.24) is 4.72 Å². The monoisotopic (exact) mass is 363 g/mol. The number of ether oxygens (including phenoxy) is 1. The van der Waals surface area contributed by atoms with Crippen LogP contribution in [0, 0.1) is 5.92 Å². The molecule has 0 fully saturated rings. The SMILES string of the molecule is COCC(CC(C)C)NS(=O)(=O)c1ccc(CBr)cc1. The molecular formula is C14H22BrNO3S. The molecule has 0 radical (unpaired) electrons. The van der Waals surface area contributed by atoms with E-state index in [-0.39, 0.29) is 10.9 Å². The molecule has 0 heterocycles. The van der Waals surface area contributed by atoms with Crippen LogP contribution < -0.4 is 4.72 Å². The minimum atomic E-state index is -3.50. The zero-order chi connectivity index (χ0) is 15.2. The maximum Gasteiger partial charge on any atom is 0.240 e. The molecule has 0 aliphatic rings. The van der Waals surface area contributed by atoms with Gasteiger partial charge < -0.3 is 4.74 Å². The molecule has 1 aromatic carbocycles. The van der Waals surface area contributed by atoms with Gasteiger partial charge in [-0.3, -0.25) is 0 Å². The summed E-state index contributed by atoms with van der Waals surface area (Å²) in [4.78, 5) is 0.284. The summed E-state index contributed by atoms with van der Waals surface area (Å²) in [6.45, 7) is 4.49. The summed E-state index contributed by atoms with van der Waals surface area (Å²) in [7, 11) is -1.92. The zero-order valence-corrected chi connectivity index (χ0v) is 14.5. The first-order valence-corrected chi connectivity index (χ1v) is 9.15. The summed E-state index contributed by atoms with van der Waals surface area (Å²) in [5.41, 5.74) is 1.04. The highest BCUT2D eigenvalue weighted by Gasteiger charge is 2.20. The molecular weight excluding hydrogens is 342 g/mol. The van der Waals surface area contributed by atoms with Gasteiger partial charge in [0.25, 0.3) is 0 Å². The highest BCUT2D eigenvalue weighted by molar-refractivity contribution is 9.08. The normalized spacial score (nSPS) is 13.7. The van der Waals surface area contributed by atoms with E-state index in [1.165, 1.54) is 0 Å². The van der Waals surface area contributed by atoms with E-state index in [0.717, 1.165) is 12.0 Å². The minimum absolute atomic E-state index is 0.208. The van der Waals surface area contributed by atoms with Crippen LogP contribution in [-0.2, 0) is 20.1 Å². The standard InChI is InChI=1S/C14H22BrNO3S/c1-11(2)8-13(10-19-3)16-20(17,18)14-6-4-12(9-15)5-7-14/h4-7,11,13,16H,8-10H2,1-3H3. The number of methoxy groups -OCH3 is 1. The molecule has 0 saturated heterocycles. The van der Waals surface area contributed by atoms with Gasteiger partial charge in [0.05, 0.1) is 11.5 Å². The number of benzene rings is 1. The maximum atomic E-state index is 12.3. The lowest BCUT2D eigenvalue weighted by atomic mass is 10.1. The fourth-order valence-electron chi connectivity index (χ4n) is 1.97. The lowest BCUT2D eigenvalue weighted by Crippen LogP contribution is -2.38. The molecule has 20 heavy (non-hydrogen) atoms. The van der Waals surface area contributed by atoms with Crippen LogP contribution in [0.5, 0.6) is 0 Å². The Kier molecular flexibility index (Phi) is 7.15. The number of alkyl halides is 1. The highest BCUT2D eigenvalue weighted by Crippen LogP contribution is 2.14. The highest BCUT2D eigenvalue weighted by atomic mass is 79.9. The molecule has 1 unspecified atom stereocenters. The molecule has 1 aromatic rings. The minimum Gasteiger partial charge on any atom is -0.383 e. The largest absolute Gasteiger partial charge is 0.383 e. The van der Waals surface area contributed by atoms with E-state index in [9.17, 15) is 8.42 Å². The van der Waals surface area contributed by atoms with Gasteiger partial charge in [0.15, 0.2) is 0 Å². The Balaban J connectivity index is 2.84. The van der Waals surface area contributed by atoms with Crippen molar-refractivity contribution in [3.8, 4) is 0 Å². The third kappa shape index (κ3) is 5.52. The van der Waals surface area contributed by atoms with Crippen LogP contribution in [0.4, 0.5) is 0 Å². The molecule has 4 nitrogen and oxygen atoms in total. The van der Waals surface area contributed by atoms with Gasteiger partial charge in [-0.25, -0.2) is 13.1 Å². The first-order valence-electron chi connectivity index (χ1n) is 6.55. The molecule has 0 spiro atoms. The Hall–Kier alpha value is -0.430. The van der Waals surface area contributed by atoms with Crippen LogP contribution >= 0.6 is 15.9 Å². The van der Waals surface area contributed by atoms with Gasteiger partial charge in [-0.2, -0.15) is 0 Å². The first kappa shape index (κ1) is 17.6. The van der Waals surface area contributed by atoms with E-state index in [4.69, 9.17) is 4.74 Å². The topological polar surface area (TPSA) is 55.4 Å². The van der Waals surface area contributed by atoms with Crippen molar-refractivity contribution in [2.45, 2.75) is 36.5 Å². The van der Waals surface area contributed by atoms with Gasteiger partial charge in [-0.05, 0) is 30.0 Å². The molecule has 1 atom stereocenters. The Morgan fingerprint density at radius 2 is 1.85 bits per heavy atom. The molecule has 0 aliphatic heterocycles. The quantitative estimate of drug-likeness (QED) is 0.722. The Bertz CT molecular complexity index is 500. The van der Waals surface area contributed by atoms with Gasteiger partial charge in [-0.15, -0.1) is 0 Å². The van der Waals surface area contributed by atoms with Crippen molar-refractivity contribution in [2.75, 3.05) is 13.7 Å². The van der Waals surface area contributed by atoms with Crippen LogP contribution in [0.25, 0.3) is 0 Å². The van der Waals surface area contributed by atoms with E-state index < -0.39 is 10.0 Å². The summed E-state index contributed by atoms with van der Waals surface area (Å²) in [5, 5.41) is 0.709. The molecule has 0 amide bonds. The number of hydrogen-bond donors (Lipinski definition) is 1. The molecule has 6 heteroatoms. The van der Waals surface area contributed by atoms with Crippen LogP contribution in [0.3, 0.4) is 0 Å². The molecule has 1 N–H and O–H groups in total. The van der Waals surface area contributed by atoms with E-state index in [0.29, 0.717) is 17.9 Å². The maximum absolute atomic E-state index is 12.3. The second-order valence-corrected chi connectivity index (χ2v) is 7.46. The summed E-state index contributed by atoms with van der Waals surface area (Å²) in [5.74, 6) is 0.397. The van der Waals surface area contributed by atoms with Crippen molar-refractivity contribution in [1.29, 1.82) is 0 Å². The van der Waals surface area contributed by atoms with Gasteiger partial charge >= 0.3 is 0 Å². The van der Waals surface area contributed by atoms with Gasteiger partial charge in [0, 0.05) is 18.5 Å². The first-order chi connectivity index (χ1) is 9.39. The van der Waals surface area contributed by atoms with E-state index in [1.807, 2.05) is 0 Å². The summed E-state index contributed by atoms with van der Waals surface area (Å²) < 4.78 is 32.4. The van der Waals surface area contributed by atoms with E-state index in [1.54, 1.807) is 31.4 Å². The van der Waals surface area contributed by atoms with Crippen molar-refractivity contribution >= 4 is 26.0 Å². The van der Waals surface area contributed by atoms with Crippen LogP contribution in [0.15, 0.2) is 29.2 Å². The van der Waals surface area contributed by atoms with Gasteiger partial charge in [0.1, 0.15) is 0 Å². The van der Waals surface area contributed by atoms with Gasteiger partial charge in [-0.1, -0.05) is 41.9 Å². The van der Waals surface area contributed by atoms with E-state index >= 15 is 0 Å². The Morgan fingerprint density at radius 1 is 1.25 bits per heavy atom. The summed E-state index contributed by atoms with van der Waals surface area (Å²) >= 11 is 3.34. The molecule has 114 valence electrons. The number of halogens is 1. The lowest BCUT2D eigenvalue weighted by Gasteiger charge is -2.19. The van der Waals surface area contributed by atoms with Crippen LogP contribution in [0.1, 0.15) is 25.8 Å². The molecule has 0 aliphatic carbocycles. The third-order valence-corrected chi connectivity index (χ3v) is 5.02. The predicted octanol–water partition coefficient (Wildman–Crippen LogP) is 2.92. The molecule has 1 rings (SSSR count). The number of hydrogen-bond acceptors (Lipinski definition) is 3. The second kappa shape index (κ2) is 8.12. The van der Waals surface area contributed by atoms with Crippen molar-refractivity contribution in [3.05, 3.63) is 29.8 Å². The zero-order valence-electron chi connectivity index (χ0n) is 12.1. The second-order valence-electron chi connectivity index (χ2n) is 5.18. The fraction of sp³-hybridized carbons (Fsp3) is 0.571. The average molecular weight is 364 g/mol. The molecule has 0 saturated carbocycles. The van der Waals surface area contributed by atoms with Crippen molar-refractivity contribution < 1.29 is 13.2 Å². The number of sulfonamides is 1. The fourth-order valence-corrected chi connectivity index (χ4v) is 3.57. The average Bonchev–Trinajstić information content (AvgIpc) is 2.38. The lowest BCUT2D eigenvalue weighted by molar-refractivity contribution is 0.166. The molecule has 0 aromatic heterocycles. The number of rotatable bonds is 8. The van der Waals surface area contributed by atoms with E-state index in [2.05, 4.69) is 34.5 Å². The van der Waals surface area contributed by atoms with Crippen LogP contribution in [-0.4, -0.2) is 28.2 Å². The Labute approximate surface area is 130 Å². The molecule has 0 bridgehead atoms. The summed E-state index contributed by atoms with van der Waals surface area (Å²) in [6.07, 6.45) is 0.743. The predicted molar refractivity (Wildman–Crippen MR) is 84.5 cm³/mol. The van der Waals surface area contributed by atoms with Crippen molar-refractivity contribution in [2.24, 2.45) is 5.92 Å². The van der Waals surface area contributed by atoms with Crippen molar-refractivity contribution in [3.63, 3.8) is 0 Å². The Morgan fingerprint density at radius 3 is 2.30 bits per heavy atom. The smallest absolute Gasteiger partial charge is 0.240 e. The number of nitrogens with one attached hydrogen (secondary N) is 1. The van der Waals surface area contributed by atoms with Gasteiger partial charge in [0.2, 0.25) is 10.0 Å². The third-order valence-electron chi connectivity index (χ3n) is 2.83. The summed E-state index contributed by atoms with van der Waals surface area (Å²) in [6, 6.07) is 6.64. The van der Waals surface area contributed by atoms with Crippen LogP contribution in [0.2, 0.25) is 0 Å².